The van der Waals surface area contributed by atoms with Crippen LogP contribution in [0.15, 0.2) is 48.5 Å². The summed E-state index contributed by atoms with van der Waals surface area (Å²) >= 11 is 0. The van der Waals surface area contributed by atoms with Crippen molar-refractivity contribution in [2.45, 2.75) is 40.2 Å². The molecule has 1 aromatic heterocycles. The number of rotatable bonds is 3. The van der Waals surface area contributed by atoms with Gasteiger partial charge in [-0.25, -0.2) is 9.97 Å². The molecule has 1 amide bonds. The minimum Gasteiger partial charge on any atom is -0.340 e. The number of fused-ring (bicyclic) bond motifs is 1. The van der Waals surface area contributed by atoms with E-state index in [0.717, 1.165) is 28.9 Å². The van der Waals surface area contributed by atoms with Gasteiger partial charge in [-0.15, -0.1) is 0 Å². The van der Waals surface area contributed by atoms with E-state index in [9.17, 15) is 4.79 Å². The van der Waals surface area contributed by atoms with Gasteiger partial charge in [-0.1, -0.05) is 30.3 Å². The summed E-state index contributed by atoms with van der Waals surface area (Å²) in [6, 6.07) is 16.1. The van der Waals surface area contributed by atoms with Crippen molar-refractivity contribution in [2.75, 3.05) is 10.2 Å². The summed E-state index contributed by atoms with van der Waals surface area (Å²) in [6.45, 7) is 7.98. The molecule has 3 aromatic rings. The van der Waals surface area contributed by atoms with Crippen molar-refractivity contribution < 1.29 is 4.79 Å². The smallest absolute Gasteiger partial charge is 0.277 e. The van der Waals surface area contributed by atoms with Crippen molar-refractivity contribution in [3.05, 3.63) is 76.7 Å². The summed E-state index contributed by atoms with van der Waals surface area (Å²) in [7, 11) is 0. The lowest BCUT2D eigenvalue weighted by molar-refractivity contribution is 0.0976. The largest absolute Gasteiger partial charge is 0.340 e. The highest BCUT2D eigenvalue weighted by Gasteiger charge is 2.32. The fourth-order valence-corrected chi connectivity index (χ4v) is 3.75. The molecule has 0 saturated heterocycles. The fraction of sp³-hybridized carbons (Fsp3) is 0.261. The standard InChI is InChI=1S/C23H24N4O/c1-14-9-10-15(2)19(11-14)26-22-13-20(24-17(4)25-22)23(28)27-16(3)12-18-7-5-6-8-21(18)27/h5-11,13,16H,12H2,1-4H3,(H,24,25,26). The Labute approximate surface area is 165 Å². The van der Waals surface area contributed by atoms with Crippen molar-refractivity contribution in [2.24, 2.45) is 0 Å². The summed E-state index contributed by atoms with van der Waals surface area (Å²) in [6.07, 6.45) is 0.861. The molecule has 1 N–H and O–H groups in total. The van der Waals surface area contributed by atoms with Gasteiger partial charge in [0, 0.05) is 23.5 Å². The highest BCUT2D eigenvalue weighted by molar-refractivity contribution is 6.07. The van der Waals surface area contributed by atoms with Crippen molar-refractivity contribution in [3.63, 3.8) is 0 Å². The number of aromatic nitrogens is 2. The number of hydrogen-bond donors (Lipinski definition) is 1. The predicted octanol–water partition coefficient (Wildman–Crippen LogP) is 4.74. The SMILES string of the molecule is Cc1ccc(C)c(Nc2cc(C(=O)N3c4ccccc4CC3C)nc(C)n2)c1. The Bertz CT molecular complexity index is 1060. The highest BCUT2D eigenvalue weighted by Crippen LogP contribution is 2.33. The van der Waals surface area contributed by atoms with Crippen LogP contribution >= 0.6 is 0 Å². The maximum atomic E-state index is 13.3. The summed E-state index contributed by atoms with van der Waals surface area (Å²) in [4.78, 5) is 24.1. The number of amides is 1. The minimum atomic E-state index is -0.0908. The Morgan fingerprint density at radius 1 is 1.07 bits per heavy atom. The Morgan fingerprint density at radius 3 is 2.68 bits per heavy atom. The highest BCUT2D eigenvalue weighted by atomic mass is 16.2. The molecule has 2 heterocycles. The Balaban J connectivity index is 1.67. The van der Waals surface area contributed by atoms with E-state index in [1.165, 1.54) is 5.56 Å². The molecule has 2 aromatic carbocycles. The van der Waals surface area contributed by atoms with Gasteiger partial charge in [-0.3, -0.25) is 4.79 Å². The monoisotopic (exact) mass is 372 g/mol. The summed E-state index contributed by atoms with van der Waals surface area (Å²) in [5.74, 6) is 1.11. The molecule has 1 aliphatic rings. The molecular formula is C23H24N4O. The van der Waals surface area contributed by atoms with Crippen LogP contribution in [0, 0.1) is 20.8 Å². The van der Waals surface area contributed by atoms with E-state index in [4.69, 9.17) is 0 Å². The maximum Gasteiger partial charge on any atom is 0.277 e. The summed E-state index contributed by atoms with van der Waals surface area (Å²) in [5.41, 5.74) is 5.85. The van der Waals surface area contributed by atoms with Crippen LogP contribution in [0.3, 0.4) is 0 Å². The molecule has 1 atom stereocenters. The molecular weight excluding hydrogens is 348 g/mol. The van der Waals surface area contributed by atoms with Crippen LogP contribution in [-0.2, 0) is 6.42 Å². The van der Waals surface area contributed by atoms with Crippen LogP contribution < -0.4 is 10.2 Å². The lowest BCUT2D eigenvalue weighted by atomic mass is 10.1. The molecule has 0 fully saturated rings. The first kappa shape index (κ1) is 18.2. The summed E-state index contributed by atoms with van der Waals surface area (Å²) < 4.78 is 0. The lowest BCUT2D eigenvalue weighted by Crippen LogP contribution is -2.36. The zero-order valence-corrected chi connectivity index (χ0v) is 16.7. The number of carbonyl (C=O) groups excluding carboxylic acids is 1. The van der Waals surface area contributed by atoms with E-state index in [1.807, 2.05) is 36.9 Å². The molecule has 0 saturated carbocycles. The van der Waals surface area contributed by atoms with E-state index in [0.29, 0.717) is 17.3 Å². The van der Waals surface area contributed by atoms with Gasteiger partial charge in [0.15, 0.2) is 0 Å². The second-order valence-electron chi connectivity index (χ2n) is 7.49. The normalized spacial score (nSPS) is 15.4. The molecule has 0 radical (unpaired) electrons. The number of carbonyl (C=O) groups is 1. The third-order valence-corrected chi connectivity index (χ3v) is 5.14. The van der Waals surface area contributed by atoms with Gasteiger partial charge in [0.2, 0.25) is 0 Å². The van der Waals surface area contributed by atoms with Gasteiger partial charge < -0.3 is 10.2 Å². The van der Waals surface area contributed by atoms with E-state index < -0.39 is 0 Å². The van der Waals surface area contributed by atoms with Crippen molar-refractivity contribution in [1.29, 1.82) is 0 Å². The van der Waals surface area contributed by atoms with Gasteiger partial charge in [-0.05, 0) is 62.9 Å². The van der Waals surface area contributed by atoms with Gasteiger partial charge >= 0.3 is 0 Å². The molecule has 28 heavy (non-hydrogen) atoms. The van der Waals surface area contributed by atoms with Gasteiger partial charge in [0.1, 0.15) is 17.3 Å². The van der Waals surface area contributed by atoms with Gasteiger partial charge in [0.25, 0.3) is 5.91 Å². The summed E-state index contributed by atoms with van der Waals surface area (Å²) in [5, 5.41) is 3.35. The minimum absolute atomic E-state index is 0.0908. The average molecular weight is 372 g/mol. The van der Waals surface area contributed by atoms with Crippen LogP contribution in [0.1, 0.15) is 39.9 Å². The van der Waals surface area contributed by atoms with Crippen molar-refractivity contribution >= 4 is 23.1 Å². The average Bonchev–Trinajstić information content (AvgIpc) is 2.99. The number of nitrogens with one attached hydrogen (secondary N) is 1. The third-order valence-electron chi connectivity index (χ3n) is 5.14. The number of anilines is 3. The number of benzene rings is 2. The Morgan fingerprint density at radius 2 is 1.86 bits per heavy atom. The number of para-hydroxylation sites is 1. The quantitative estimate of drug-likeness (QED) is 0.722. The molecule has 5 heteroatoms. The Hall–Kier alpha value is -3.21. The van der Waals surface area contributed by atoms with Crippen LogP contribution in [0.5, 0.6) is 0 Å². The van der Waals surface area contributed by atoms with Crippen molar-refractivity contribution in [1.82, 2.24) is 9.97 Å². The maximum absolute atomic E-state index is 13.3. The second-order valence-corrected chi connectivity index (χ2v) is 7.49. The molecule has 1 aliphatic heterocycles. The molecule has 5 nitrogen and oxygen atoms in total. The first-order chi connectivity index (χ1) is 13.4. The second kappa shape index (κ2) is 7.08. The van der Waals surface area contributed by atoms with Crippen LogP contribution in [0.25, 0.3) is 0 Å². The molecule has 0 spiro atoms. The van der Waals surface area contributed by atoms with Crippen LogP contribution in [-0.4, -0.2) is 21.9 Å². The predicted molar refractivity (Wildman–Crippen MR) is 112 cm³/mol. The topological polar surface area (TPSA) is 58.1 Å². The van der Waals surface area contributed by atoms with E-state index in [-0.39, 0.29) is 11.9 Å². The lowest BCUT2D eigenvalue weighted by Gasteiger charge is -2.22. The first-order valence-corrected chi connectivity index (χ1v) is 9.54. The number of aryl methyl sites for hydroxylation is 3. The zero-order valence-electron chi connectivity index (χ0n) is 16.7. The zero-order chi connectivity index (χ0) is 19.8. The van der Waals surface area contributed by atoms with Gasteiger partial charge in [-0.2, -0.15) is 0 Å². The number of nitrogens with zero attached hydrogens (tertiary/aromatic N) is 3. The van der Waals surface area contributed by atoms with Gasteiger partial charge in [0.05, 0.1) is 0 Å². The Kier molecular flexibility index (Phi) is 4.59. The van der Waals surface area contributed by atoms with Crippen LogP contribution in [0.2, 0.25) is 0 Å². The molecule has 4 rings (SSSR count). The molecule has 142 valence electrons. The third kappa shape index (κ3) is 3.36. The van der Waals surface area contributed by atoms with E-state index >= 15 is 0 Å². The first-order valence-electron chi connectivity index (χ1n) is 9.54. The number of hydrogen-bond acceptors (Lipinski definition) is 4. The fourth-order valence-electron chi connectivity index (χ4n) is 3.75. The molecule has 0 aliphatic carbocycles. The molecule has 0 bridgehead atoms. The van der Waals surface area contributed by atoms with E-state index in [1.54, 1.807) is 6.07 Å². The van der Waals surface area contributed by atoms with E-state index in [2.05, 4.69) is 53.4 Å². The van der Waals surface area contributed by atoms with Crippen LogP contribution in [0.4, 0.5) is 17.2 Å². The van der Waals surface area contributed by atoms with Crippen molar-refractivity contribution in [3.8, 4) is 0 Å². The molecule has 1 unspecified atom stereocenters.